The van der Waals surface area contributed by atoms with E-state index in [1.807, 2.05) is 6.07 Å². The SMILES string of the molecule is CC(C)CNCCCc1ncc(-c2ccoc2Br)o1. The van der Waals surface area contributed by atoms with E-state index in [0.717, 1.165) is 43.1 Å². The van der Waals surface area contributed by atoms with Crippen LogP contribution in [0.25, 0.3) is 11.3 Å². The van der Waals surface area contributed by atoms with E-state index in [0.29, 0.717) is 10.6 Å². The molecule has 2 aromatic heterocycles. The number of aryl methyl sites for hydroxylation is 1. The van der Waals surface area contributed by atoms with Gasteiger partial charge in [0.15, 0.2) is 16.3 Å². The largest absolute Gasteiger partial charge is 0.457 e. The highest BCUT2D eigenvalue weighted by atomic mass is 79.9. The van der Waals surface area contributed by atoms with Crippen molar-refractivity contribution in [1.29, 1.82) is 0 Å². The van der Waals surface area contributed by atoms with E-state index in [4.69, 9.17) is 8.83 Å². The summed E-state index contributed by atoms with van der Waals surface area (Å²) in [7, 11) is 0. The molecule has 104 valence electrons. The molecule has 2 aromatic rings. The van der Waals surface area contributed by atoms with Crippen LogP contribution in [0.4, 0.5) is 0 Å². The number of halogens is 1. The van der Waals surface area contributed by atoms with E-state index >= 15 is 0 Å². The summed E-state index contributed by atoms with van der Waals surface area (Å²) in [5, 5.41) is 3.41. The molecule has 0 atom stereocenters. The minimum Gasteiger partial charge on any atom is -0.457 e. The Morgan fingerprint density at radius 3 is 2.95 bits per heavy atom. The Labute approximate surface area is 121 Å². The summed E-state index contributed by atoms with van der Waals surface area (Å²) in [5.74, 6) is 2.20. The predicted octanol–water partition coefficient (Wildman–Crippen LogP) is 3.88. The Morgan fingerprint density at radius 2 is 2.26 bits per heavy atom. The van der Waals surface area contributed by atoms with Crippen molar-refractivity contribution >= 4 is 15.9 Å². The van der Waals surface area contributed by atoms with Crippen LogP contribution in [0.15, 0.2) is 32.0 Å². The normalized spacial score (nSPS) is 11.4. The van der Waals surface area contributed by atoms with Crippen LogP contribution >= 0.6 is 15.9 Å². The molecule has 0 amide bonds. The summed E-state index contributed by atoms with van der Waals surface area (Å²) in [5.41, 5.74) is 0.900. The van der Waals surface area contributed by atoms with Crippen molar-refractivity contribution in [2.24, 2.45) is 5.92 Å². The minimum atomic E-state index is 0.675. The van der Waals surface area contributed by atoms with E-state index in [2.05, 4.69) is 40.1 Å². The van der Waals surface area contributed by atoms with Gasteiger partial charge < -0.3 is 14.2 Å². The molecular weight excluding hydrogens is 308 g/mol. The number of oxazole rings is 1. The zero-order chi connectivity index (χ0) is 13.7. The number of hydrogen-bond donors (Lipinski definition) is 1. The van der Waals surface area contributed by atoms with Crippen LogP contribution in [-0.2, 0) is 6.42 Å². The lowest BCUT2D eigenvalue weighted by atomic mass is 10.2. The molecule has 19 heavy (non-hydrogen) atoms. The maximum Gasteiger partial charge on any atom is 0.194 e. The Morgan fingerprint density at radius 1 is 1.42 bits per heavy atom. The molecule has 0 aromatic carbocycles. The van der Waals surface area contributed by atoms with Crippen LogP contribution in [-0.4, -0.2) is 18.1 Å². The Hall–Kier alpha value is -1.07. The lowest BCUT2D eigenvalue weighted by Crippen LogP contribution is -2.21. The summed E-state index contributed by atoms with van der Waals surface area (Å²) in [4.78, 5) is 4.29. The number of aromatic nitrogens is 1. The number of furan rings is 1. The zero-order valence-electron chi connectivity index (χ0n) is 11.3. The topological polar surface area (TPSA) is 51.2 Å². The zero-order valence-corrected chi connectivity index (χ0v) is 12.9. The Balaban J connectivity index is 1.80. The molecule has 0 saturated heterocycles. The van der Waals surface area contributed by atoms with E-state index in [1.165, 1.54) is 0 Å². The van der Waals surface area contributed by atoms with E-state index in [1.54, 1.807) is 12.5 Å². The highest BCUT2D eigenvalue weighted by Crippen LogP contribution is 2.29. The third-order valence-electron chi connectivity index (χ3n) is 2.73. The number of nitrogens with zero attached hydrogens (tertiary/aromatic N) is 1. The van der Waals surface area contributed by atoms with Gasteiger partial charge in [0, 0.05) is 6.42 Å². The van der Waals surface area contributed by atoms with Gasteiger partial charge in [-0.15, -0.1) is 0 Å². The van der Waals surface area contributed by atoms with Crippen LogP contribution in [0, 0.1) is 5.92 Å². The first-order valence-electron chi connectivity index (χ1n) is 6.55. The van der Waals surface area contributed by atoms with Gasteiger partial charge in [-0.2, -0.15) is 0 Å². The summed E-state index contributed by atoms with van der Waals surface area (Å²) < 4.78 is 11.6. The van der Waals surface area contributed by atoms with Gasteiger partial charge in [0.1, 0.15) is 0 Å². The molecule has 2 rings (SSSR count). The van der Waals surface area contributed by atoms with Crippen molar-refractivity contribution in [3.63, 3.8) is 0 Å². The molecule has 5 heteroatoms. The highest BCUT2D eigenvalue weighted by molar-refractivity contribution is 9.10. The second-order valence-electron chi connectivity index (χ2n) is 4.93. The van der Waals surface area contributed by atoms with Gasteiger partial charge in [-0.05, 0) is 47.4 Å². The van der Waals surface area contributed by atoms with Crippen molar-refractivity contribution in [2.75, 3.05) is 13.1 Å². The molecule has 0 spiro atoms. The average molecular weight is 327 g/mol. The van der Waals surface area contributed by atoms with E-state index in [9.17, 15) is 0 Å². The van der Waals surface area contributed by atoms with Gasteiger partial charge in [0.05, 0.1) is 18.0 Å². The number of rotatable bonds is 7. The van der Waals surface area contributed by atoms with Gasteiger partial charge in [0.25, 0.3) is 0 Å². The minimum absolute atomic E-state index is 0.675. The first-order chi connectivity index (χ1) is 9.16. The van der Waals surface area contributed by atoms with Crippen molar-refractivity contribution in [3.8, 4) is 11.3 Å². The highest BCUT2D eigenvalue weighted by Gasteiger charge is 2.11. The van der Waals surface area contributed by atoms with Crippen LogP contribution < -0.4 is 5.32 Å². The molecule has 0 aliphatic heterocycles. The van der Waals surface area contributed by atoms with Crippen LogP contribution in [0.3, 0.4) is 0 Å². The average Bonchev–Trinajstić information content (AvgIpc) is 2.97. The molecule has 0 unspecified atom stereocenters. The van der Waals surface area contributed by atoms with Crippen LogP contribution in [0.2, 0.25) is 0 Å². The van der Waals surface area contributed by atoms with E-state index < -0.39 is 0 Å². The first-order valence-corrected chi connectivity index (χ1v) is 7.35. The van der Waals surface area contributed by atoms with Gasteiger partial charge in [-0.1, -0.05) is 13.8 Å². The quantitative estimate of drug-likeness (QED) is 0.784. The molecule has 0 bridgehead atoms. The molecule has 2 heterocycles. The lowest BCUT2D eigenvalue weighted by Gasteiger charge is -2.05. The molecule has 4 nitrogen and oxygen atoms in total. The fourth-order valence-electron chi connectivity index (χ4n) is 1.78. The summed E-state index contributed by atoms with van der Waals surface area (Å²) >= 11 is 3.33. The van der Waals surface area contributed by atoms with Gasteiger partial charge >= 0.3 is 0 Å². The third-order valence-corrected chi connectivity index (χ3v) is 3.35. The number of nitrogens with one attached hydrogen (secondary N) is 1. The van der Waals surface area contributed by atoms with Crippen molar-refractivity contribution in [3.05, 3.63) is 29.1 Å². The van der Waals surface area contributed by atoms with Gasteiger partial charge in [0.2, 0.25) is 0 Å². The Bertz CT molecular complexity index is 505. The molecule has 0 fully saturated rings. The second-order valence-corrected chi connectivity index (χ2v) is 5.65. The second kappa shape index (κ2) is 6.91. The monoisotopic (exact) mass is 326 g/mol. The molecule has 0 aliphatic rings. The predicted molar refractivity (Wildman–Crippen MR) is 77.9 cm³/mol. The maximum atomic E-state index is 5.71. The molecule has 0 saturated carbocycles. The molecule has 0 aliphatic carbocycles. The third kappa shape index (κ3) is 4.21. The molecule has 0 radical (unpaired) electrons. The van der Waals surface area contributed by atoms with Gasteiger partial charge in [-0.25, -0.2) is 4.98 Å². The van der Waals surface area contributed by atoms with Gasteiger partial charge in [-0.3, -0.25) is 0 Å². The Kier molecular flexibility index (Phi) is 5.22. The summed E-state index contributed by atoms with van der Waals surface area (Å²) in [6.45, 7) is 6.45. The van der Waals surface area contributed by atoms with Crippen molar-refractivity contribution in [2.45, 2.75) is 26.7 Å². The van der Waals surface area contributed by atoms with E-state index in [-0.39, 0.29) is 0 Å². The smallest absolute Gasteiger partial charge is 0.194 e. The standard InChI is InChI=1S/C14H19BrN2O2/c1-10(2)8-16-6-3-4-13-17-9-12(19-13)11-5-7-18-14(11)15/h5,7,9-10,16H,3-4,6,8H2,1-2H3. The van der Waals surface area contributed by atoms with Crippen molar-refractivity contribution < 1.29 is 8.83 Å². The summed E-state index contributed by atoms with van der Waals surface area (Å²) in [6.07, 6.45) is 5.24. The van der Waals surface area contributed by atoms with Crippen molar-refractivity contribution in [1.82, 2.24) is 10.3 Å². The summed E-state index contributed by atoms with van der Waals surface area (Å²) in [6, 6.07) is 1.86. The fraction of sp³-hybridized carbons (Fsp3) is 0.500. The molecule has 1 N–H and O–H groups in total. The lowest BCUT2D eigenvalue weighted by molar-refractivity contribution is 0.481. The number of hydrogen-bond acceptors (Lipinski definition) is 4. The fourth-order valence-corrected chi connectivity index (χ4v) is 2.21. The van der Waals surface area contributed by atoms with Crippen LogP contribution in [0.1, 0.15) is 26.2 Å². The van der Waals surface area contributed by atoms with Crippen LogP contribution in [0.5, 0.6) is 0 Å². The molecular formula is C14H19BrN2O2. The first kappa shape index (κ1) is 14.3. The maximum absolute atomic E-state index is 5.71.